The molecule has 0 fully saturated rings. The van der Waals surface area contributed by atoms with Gasteiger partial charge in [0.15, 0.2) is 0 Å². The third kappa shape index (κ3) is 6.75. The lowest BCUT2D eigenvalue weighted by molar-refractivity contribution is -0.112. The summed E-state index contributed by atoms with van der Waals surface area (Å²) >= 11 is 5.98. The van der Waals surface area contributed by atoms with E-state index in [9.17, 15) is 22.9 Å². The van der Waals surface area contributed by atoms with Crippen LogP contribution in [0.15, 0.2) is 106 Å². The maximum atomic E-state index is 13.4. The SMILES string of the molecule is N#C/C(=C/c1ccc(CN(Cc2ccc(Cl)cc2)S(=O)(=O)c2ccccc2)o1)C(=O)Nc1ccc(F)cc1. The summed E-state index contributed by atoms with van der Waals surface area (Å²) in [6, 6.07) is 24.9. The second-order valence-electron chi connectivity index (χ2n) is 8.15. The molecule has 0 radical (unpaired) electrons. The van der Waals surface area contributed by atoms with Crippen molar-refractivity contribution in [3.8, 4) is 6.07 Å². The zero-order chi connectivity index (χ0) is 27.1. The molecule has 1 aromatic heterocycles. The van der Waals surface area contributed by atoms with Gasteiger partial charge in [-0.1, -0.05) is 41.9 Å². The van der Waals surface area contributed by atoms with E-state index in [0.717, 1.165) is 5.56 Å². The van der Waals surface area contributed by atoms with E-state index < -0.39 is 21.7 Å². The molecule has 0 aliphatic carbocycles. The van der Waals surface area contributed by atoms with Gasteiger partial charge in [-0.3, -0.25) is 4.79 Å². The predicted molar refractivity (Wildman–Crippen MR) is 142 cm³/mol. The first-order valence-electron chi connectivity index (χ1n) is 11.3. The van der Waals surface area contributed by atoms with E-state index in [1.165, 1.54) is 52.8 Å². The quantitative estimate of drug-likeness (QED) is 0.203. The highest BCUT2D eigenvalue weighted by atomic mass is 35.5. The van der Waals surface area contributed by atoms with Gasteiger partial charge in [0, 0.05) is 23.3 Å². The lowest BCUT2D eigenvalue weighted by Crippen LogP contribution is -2.30. The molecule has 4 aromatic rings. The van der Waals surface area contributed by atoms with Crippen molar-refractivity contribution in [3.05, 3.63) is 124 Å². The maximum Gasteiger partial charge on any atom is 0.266 e. The van der Waals surface area contributed by atoms with Crippen LogP contribution < -0.4 is 5.32 Å². The van der Waals surface area contributed by atoms with Gasteiger partial charge in [-0.2, -0.15) is 9.57 Å². The number of benzene rings is 3. The molecule has 10 heteroatoms. The van der Waals surface area contributed by atoms with Gasteiger partial charge in [-0.25, -0.2) is 12.8 Å². The van der Waals surface area contributed by atoms with E-state index in [-0.39, 0.29) is 29.3 Å². The average molecular weight is 550 g/mol. The first-order chi connectivity index (χ1) is 18.2. The number of carbonyl (C=O) groups is 1. The summed E-state index contributed by atoms with van der Waals surface area (Å²) in [6.45, 7) is -0.0405. The molecule has 1 amide bonds. The van der Waals surface area contributed by atoms with Gasteiger partial charge in [-0.15, -0.1) is 0 Å². The van der Waals surface area contributed by atoms with Gasteiger partial charge in [0.1, 0.15) is 29.0 Å². The van der Waals surface area contributed by atoms with Crippen LogP contribution in [0.1, 0.15) is 17.1 Å². The highest BCUT2D eigenvalue weighted by molar-refractivity contribution is 7.89. The Morgan fingerprint density at radius 2 is 1.66 bits per heavy atom. The van der Waals surface area contributed by atoms with E-state index in [0.29, 0.717) is 16.5 Å². The molecule has 0 bridgehead atoms. The summed E-state index contributed by atoms with van der Waals surface area (Å²) in [4.78, 5) is 12.6. The van der Waals surface area contributed by atoms with Crippen LogP contribution in [-0.2, 0) is 27.9 Å². The fourth-order valence-electron chi connectivity index (χ4n) is 3.51. The van der Waals surface area contributed by atoms with Crippen molar-refractivity contribution in [2.45, 2.75) is 18.0 Å². The van der Waals surface area contributed by atoms with Gasteiger partial charge in [-0.05, 0) is 66.2 Å². The van der Waals surface area contributed by atoms with Crippen molar-refractivity contribution < 1.29 is 22.0 Å². The third-order valence-corrected chi connectivity index (χ3v) is 7.48. The van der Waals surface area contributed by atoms with E-state index in [1.54, 1.807) is 48.5 Å². The molecular formula is C28H21ClFN3O4S. The second-order valence-corrected chi connectivity index (χ2v) is 10.5. The monoisotopic (exact) mass is 549 g/mol. The Morgan fingerprint density at radius 1 is 0.974 bits per heavy atom. The van der Waals surface area contributed by atoms with Crippen molar-refractivity contribution in [2.24, 2.45) is 0 Å². The Balaban J connectivity index is 1.56. The van der Waals surface area contributed by atoms with Crippen LogP contribution >= 0.6 is 11.6 Å². The minimum atomic E-state index is -3.90. The topological polar surface area (TPSA) is 103 Å². The number of rotatable bonds is 9. The molecule has 38 heavy (non-hydrogen) atoms. The van der Waals surface area contributed by atoms with Crippen LogP contribution in [0, 0.1) is 17.1 Å². The molecule has 0 aliphatic rings. The summed E-state index contributed by atoms with van der Waals surface area (Å²) in [5.41, 5.74) is 0.802. The van der Waals surface area contributed by atoms with Crippen molar-refractivity contribution >= 4 is 39.3 Å². The molecule has 4 rings (SSSR count). The molecule has 0 aliphatic heterocycles. The number of amides is 1. The fraction of sp³-hybridized carbons (Fsp3) is 0.0714. The number of furan rings is 1. The van der Waals surface area contributed by atoms with Gasteiger partial charge in [0.2, 0.25) is 10.0 Å². The molecule has 7 nitrogen and oxygen atoms in total. The molecule has 0 saturated heterocycles. The summed E-state index contributed by atoms with van der Waals surface area (Å²) < 4.78 is 47.0. The Bertz CT molecular complexity index is 1590. The minimum Gasteiger partial charge on any atom is -0.460 e. The fourth-order valence-corrected chi connectivity index (χ4v) is 5.06. The Labute approximate surface area is 224 Å². The van der Waals surface area contributed by atoms with Crippen LogP contribution in [0.4, 0.5) is 10.1 Å². The first-order valence-corrected chi connectivity index (χ1v) is 13.1. The summed E-state index contributed by atoms with van der Waals surface area (Å²) in [7, 11) is -3.90. The van der Waals surface area contributed by atoms with Crippen molar-refractivity contribution in [1.82, 2.24) is 4.31 Å². The zero-order valence-corrected chi connectivity index (χ0v) is 21.4. The summed E-state index contributed by atoms with van der Waals surface area (Å²) in [5, 5.41) is 12.5. The van der Waals surface area contributed by atoms with Crippen LogP contribution in [-0.4, -0.2) is 18.6 Å². The Kier molecular flexibility index (Phi) is 8.38. The highest BCUT2D eigenvalue weighted by Gasteiger charge is 2.26. The summed E-state index contributed by atoms with van der Waals surface area (Å²) in [5.74, 6) is -0.662. The number of hydrogen-bond donors (Lipinski definition) is 1. The number of hydrogen-bond acceptors (Lipinski definition) is 5. The van der Waals surface area contributed by atoms with E-state index in [2.05, 4.69) is 5.32 Å². The number of carbonyl (C=O) groups excluding carboxylic acids is 1. The number of nitrogens with zero attached hydrogens (tertiary/aromatic N) is 2. The van der Waals surface area contributed by atoms with Crippen molar-refractivity contribution in [1.29, 1.82) is 5.26 Å². The summed E-state index contributed by atoms with van der Waals surface area (Å²) in [6.07, 6.45) is 1.25. The van der Waals surface area contributed by atoms with Crippen LogP contribution in [0.5, 0.6) is 0 Å². The standard InChI is InChI=1S/C28H21ClFN3O4S/c29-22-8-6-20(7-9-22)18-33(38(35,36)27-4-2-1-3-5-27)19-26-15-14-25(37-26)16-21(17-31)28(34)32-24-12-10-23(30)11-13-24/h1-16H,18-19H2,(H,32,34)/b21-16-. The van der Waals surface area contributed by atoms with Crippen LogP contribution in [0.2, 0.25) is 5.02 Å². The molecule has 0 spiro atoms. The minimum absolute atomic E-state index is 0.0593. The Hall–Kier alpha value is -4.23. The van der Waals surface area contributed by atoms with E-state index in [4.69, 9.17) is 16.0 Å². The molecule has 0 saturated carbocycles. The number of nitriles is 1. The molecule has 1 N–H and O–H groups in total. The normalized spacial score (nSPS) is 11.8. The molecule has 3 aromatic carbocycles. The largest absolute Gasteiger partial charge is 0.460 e. The highest BCUT2D eigenvalue weighted by Crippen LogP contribution is 2.23. The van der Waals surface area contributed by atoms with Gasteiger partial charge < -0.3 is 9.73 Å². The molecule has 192 valence electrons. The average Bonchev–Trinajstić information content (AvgIpc) is 3.36. The third-order valence-electron chi connectivity index (χ3n) is 5.42. The molecular weight excluding hydrogens is 529 g/mol. The second kappa shape index (κ2) is 11.9. The molecule has 0 atom stereocenters. The smallest absolute Gasteiger partial charge is 0.266 e. The Morgan fingerprint density at radius 3 is 2.32 bits per heavy atom. The van der Waals surface area contributed by atoms with Gasteiger partial charge in [0.05, 0.1) is 11.4 Å². The molecule has 1 heterocycles. The lowest BCUT2D eigenvalue weighted by Gasteiger charge is -2.21. The maximum absolute atomic E-state index is 13.4. The van der Waals surface area contributed by atoms with Gasteiger partial charge in [0.25, 0.3) is 5.91 Å². The number of halogens is 2. The van der Waals surface area contributed by atoms with Crippen molar-refractivity contribution in [2.75, 3.05) is 5.32 Å². The predicted octanol–water partition coefficient (Wildman–Crippen LogP) is 6.01. The number of sulfonamides is 1. The van der Waals surface area contributed by atoms with Crippen molar-refractivity contribution in [3.63, 3.8) is 0 Å². The van der Waals surface area contributed by atoms with E-state index >= 15 is 0 Å². The zero-order valence-electron chi connectivity index (χ0n) is 19.8. The lowest BCUT2D eigenvalue weighted by atomic mass is 10.2. The van der Waals surface area contributed by atoms with E-state index in [1.807, 2.05) is 6.07 Å². The number of anilines is 1. The molecule has 0 unspecified atom stereocenters. The van der Waals surface area contributed by atoms with Crippen LogP contribution in [0.3, 0.4) is 0 Å². The van der Waals surface area contributed by atoms with Crippen LogP contribution in [0.25, 0.3) is 6.08 Å². The number of nitrogens with one attached hydrogen (secondary N) is 1. The first kappa shape index (κ1) is 26.8. The van der Waals surface area contributed by atoms with Gasteiger partial charge >= 0.3 is 0 Å².